The molecule has 2 aromatic rings. The second kappa shape index (κ2) is 4.94. The number of hydrogen-bond acceptors (Lipinski definition) is 5. The number of hydrogen-bond donors (Lipinski definition) is 0. The van der Waals surface area contributed by atoms with E-state index >= 15 is 0 Å². The van der Waals surface area contributed by atoms with E-state index in [4.69, 9.17) is 14.7 Å². The summed E-state index contributed by atoms with van der Waals surface area (Å²) in [5.74, 6) is 2.00. The Morgan fingerprint density at radius 1 is 1.16 bits per heavy atom. The zero-order valence-electron chi connectivity index (χ0n) is 10.2. The van der Waals surface area contributed by atoms with Crippen LogP contribution in [0.4, 0.5) is 0 Å². The molecular formula is C14H11N3O2. The monoisotopic (exact) mass is 253 g/mol. The molecule has 2 heterocycles. The number of ether oxygens (including phenoxy) is 2. The molecule has 1 aliphatic rings. The van der Waals surface area contributed by atoms with Crippen LogP contribution in [-0.4, -0.2) is 23.2 Å². The lowest BCUT2D eigenvalue weighted by atomic mass is 10.1. The molecule has 0 spiro atoms. The van der Waals surface area contributed by atoms with E-state index in [9.17, 15) is 0 Å². The van der Waals surface area contributed by atoms with Crippen molar-refractivity contribution in [1.82, 2.24) is 9.97 Å². The summed E-state index contributed by atoms with van der Waals surface area (Å²) in [6.07, 6.45) is 1.87. The zero-order chi connectivity index (χ0) is 13.1. The summed E-state index contributed by atoms with van der Waals surface area (Å²) in [4.78, 5) is 8.40. The summed E-state index contributed by atoms with van der Waals surface area (Å²) in [6.45, 7) is 1.13. The number of aromatic nitrogens is 2. The zero-order valence-corrected chi connectivity index (χ0v) is 10.2. The number of fused-ring (bicyclic) bond motifs is 1. The Morgan fingerprint density at radius 2 is 2.00 bits per heavy atom. The maximum Gasteiger partial charge on any atom is 0.162 e. The van der Waals surface area contributed by atoms with Gasteiger partial charge in [0.2, 0.25) is 0 Å². The highest BCUT2D eigenvalue weighted by Gasteiger charge is 2.13. The molecule has 0 amide bonds. The molecule has 0 atom stereocenters. The summed E-state index contributed by atoms with van der Waals surface area (Å²) in [5.41, 5.74) is 1.70. The Hall–Kier alpha value is -2.61. The lowest BCUT2D eigenvalue weighted by Gasteiger charge is -2.18. The van der Waals surface area contributed by atoms with E-state index in [1.165, 1.54) is 0 Å². The Kier molecular flexibility index (Phi) is 2.99. The molecule has 0 aliphatic carbocycles. The van der Waals surface area contributed by atoms with Crippen LogP contribution in [0, 0.1) is 11.3 Å². The van der Waals surface area contributed by atoms with E-state index in [1.54, 1.807) is 6.20 Å². The fraction of sp³-hybridized carbons (Fsp3) is 0.214. The third kappa shape index (κ3) is 2.33. The molecule has 5 heteroatoms. The molecule has 0 unspecified atom stereocenters. The molecule has 94 valence electrons. The molecule has 0 bridgehead atoms. The standard InChI is InChI=1S/C14H11N3O2/c15-5-3-14-16-6-4-11(17-14)10-1-2-12-13(9-10)19-8-7-18-12/h1-2,4,6,9H,3,7-8H2. The van der Waals surface area contributed by atoms with E-state index in [0.717, 1.165) is 22.8 Å². The highest BCUT2D eigenvalue weighted by Crippen LogP contribution is 2.33. The van der Waals surface area contributed by atoms with Crippen LogP contribution in [0.15, 0.2) is 30.5 Å². The van der Waals surface area contributed by atoms with Gasteiger partial charge in [0, 0.05) is 11.8 Å². The van der Waals surface area contributed by atoms with Gasteiger partial charge in [0.15, 0.2) is 11.5 Å². The smallest absolute Gasteiger partial charge is 0.162 e. The molecular weight excluding hydrogens is 242 g/mol. The average molecular weight is 253 g/mol. The first-order valence-corrected chi connectivity index (χ1v) is 5.96. The van der Waals surface area contributed by atoms with Gasteiger partial charge in [-0.15, -0.1) is 0 Å². The van der Waals surface area contributed by atoms with Gasteiger partial charge in [-0.25, -0.2) is 9.97 Å². The molecule has 0 N–H and O–H groups in total. The van der Waals surface area contributed by atoms with Gasteiger partial charge in [-0.05, 0) is 24.3 Å². The predicted molar refractivity (Wildman–Crippen MR) is 67.8 cm³/mol. The molecule has 1 aromatic heterocycles. The summed E-state index contributed by atoms with van der Waals surface area (Å²) in [5, 5.41) is 8.67. The molecule has 19 heavy (non-hydrogen) atoms. The normalized spacial score (nSPS) is 12.8. The number of nitrogens with zero attached hydrogens (tertiary/aromatic N) is 3. The van der Waals surface area contributed by atoms with Gasteiger partial charge in [0.1, 0.15) is 19.0 Å². The number of rotatable bonds is 2. The first-order chi connectivity index (χ1) is 9.36. The van der Waals surface area contributed by atoms with Crippen molar-refractivity contribution >= 4 is 0 Å². The maximum absolute atomic E-state index is 8.67. The van der Waals surface area contributed by atoms with Gasteiger partial charge in [-0.2, -0.15) is 5.26 Å². The molecule has 0 saturated carbocycles. The van der Waals surface area contributed by atoms with Crippen LogP contribution in [0.2, 0.25) is 0 Å². The Labute approximate surface area is 110 Å². The molecule has 1 aromatic carbocycles. The molecule has 0 radical (unpaired) electrons. The van der Waals surface area contributed by atoms with E-state index < -0.39 is 0 Å². The van der Waals surface area contributed by atoms with Crippen molar-refractivity contribution in [1.29, 1.82) is 5.26 Å². The van der Waals surface area contributed by atoms with Crippen LogP contribution < -0.4 is 9.47 Å². The topological polar surface area (TPSA) is 68.0 Å². The van der Waals surface area contributed by atoms with Crippen LogP contribution in [0.1, 0.15) is 5.82 Å². The summed E-state index contributed by atoms with van der Waals surface area (Å²) >= 11 is 0. The fourth-order valence-electron chi connectivity index (χ4n) is 1.92. The van der Waals surface area contributed by atoms with Gasteiger partial charge < -0.3 is 9.47 Å². The number of benzene rings is 1. The van der Waals surface area contributed by atoms with Gasteiger partial charge in [-0.1, -0.05) is 0 Å². The van der Waals surface area contributed by atoms with Crippen molar-refractivity contribution in [2.45, 2.75) is 6.42 Å². The Bertz CT molecular complexity index is 649. The minimum atomic E-state index is 0.207. The lowest BCUT2D eigenvalue weighted by molar-refractivity contribution is 0.171. The number of nitriles is 1. The second-order valence-corrected chi connectivity index (χ2v) is 4.05. The third-order valence-corrected chi connectivity index (χ3v) is 2.78. The van der Waals surface area contributed by atoms with Crippen molar-refractivity contribution in [3.8, 4) is 28.8 Å². The lowest BCUT2D eigenvalue weighted by Crippen LogP contribution is -2.15. The fourth-order valence-corrected chi connectivity index (χ4v) is 1.92. The first-order valence-electron chi connectivity index (χ1n) is 5.96. The van der Waals surface area contributed by atoms with Crippen LogP contribution in [0.3, 0.4) is 0 Å². The average Bonchev–Trinajstić information content (AvgIpc) is 2.47. The van der Waals surface area contributed by atoms with Crippen molar-refractivity contribution in [2.75, 3.05) is 13.2 Å². The van der Waals surface area contributed by atoms with Crippen LogP contribution in [0.25, 0.3) is 11.3 Å². The quantitative estimate of drug-likeness (QED) is 0.818. The Balaban J connectivity index is 1.98. The first kappa shape index (κ1) is 11.5. The third-order valence-electron chi connectivity index (χ3n) is 2.78. The van der Waals surface area contributed by atoms with E-state index in [1.807, 2.05) is 30.3 Å². The molecule has 0 saturated heterocycles. The van der Waals surface area contributed by atoms with Crippen LogP contribution in [-0.2, 0) is 6.42 Å². The predicted octanol–water partition coefficient (Wildman–Crippen LogP) is 1.98. The van der Waals surface area contributed by atoms with Crippen molar-refractivity contribution in [2.24, 2.45) is 0 Å². The van der Waals surface area contributed by atoms with E-state index in [0.29, 0.717) is 19.0 Å². The highest BCUT2D eigenvalue weighted by molar-refractivity contribution is 5.63. The largest absolute Gasteiger partial charge is 0.486 e. The minimum absolute atomic E-state index is 0.207. The molecule has 1 aliphatic heterocycles. The summed E-state index contributed by atoms with van der Waals surface area (Å²) in [6, 6.07) is 9.54. The van der Waals surface area contributed by atoms with E-state index in [-0.39, 0.29) is 6.42 Å². The van der Waals surface area contributed by atoms with Gasteiger partial charge >= 0.3 is 0 Å². The van der Waals surface area contributed by atoms with Crippen molar-refractivity contribution < 1.29 is 9.47 Å². The Morgan fingerprint density at radius 3 is 2.84 bits per heavy atom. The van der Waals surface area contributed by atoms with Crippen LogP contribution in [0.5, 0.6) is 11.5 Å². The SMILES string of the molecule is N#CCc1nccc(-c2ccc3c(c2)OCCO3)n1. The second-order valence-electron chi connectivity index (χ2n) is 4.05. The molecule has 0 fully saturated rings. The van der Waals surface area contributed by atoms with Crippen molar-refractivity contribution in [3.05, 3.63) is 36.3 Å². The van der Waals surface area contributed by atoms with Gasteiger partial charge in [0.05, 0.1) is 18.2 Å². The van der Waals surface area contributed by atoms with Gasteiger partial charge in [0.25, 0.3) is 0 Å². The van der Waals surface area contributed by atoms with Gasteiger partial charge in [-0.3, -0.25) is 0 Å². The minimum Gasteiger partial charge on any atom is -0.486 e. The highest BCUT2D eigenvalue weighted by atomic mass is 16.6. The van der Waals surface area contributed by atoms with E-state index in [2.05, 4.69) is 9.97 Å². The summed E-state index contributed by atoms with van der Waals surface area (Å²) in [7, 11) is 0. The molecule has 3 rings (SSSR count). The van der Waals surface area contributed by atoms with Crippen molar-refractivity contribution in [3.63, 3.8) is 0 Å². The molecule has 5 nitrogen and oxygen atoms in total. The van der Waals surface area contributed by atoms with Crippen LogP contribution >= 0.6 is 0 Å². The maximum atomic E-state index is 8.67. The summed E-state index contributed by atoms with van der Waals surface area (Å²) < 4.78 is 11.0.